The van der Waals surface area contributed by atoms with Crippen LogP contribution in [0.5, 0.6) is 5.75 Å². The zero-order valence-electron chi connectivity index (χ0n) is 16.8. The number of pyridine rings is 1. The lowest BCUT2D eigenvalue weighted by atomic mass is 10.2. The third-order valence-electron chi connectivity index (χ3n) is 5.05. The summed E-state index contributed by atoms with van der Waals surface area (Å²) < 4.78 is 43.0. The molecule has 1 amide bonds. The largest absolute Gasteiger partial charge is 0.495 e. The van der Waals surface area contributed by atoms with Gasteiger partial charge in [0.2, 0.25) is 0 Å². The molecule has 30 heavy (non-hydrogen) atoms. The summed E-state index contributed by atoms with van der Waals surface area (Å²) >= 11 is 0. The number of nitrogens with one attached hydrogen (secondary N) is 1. The van der Waals surface area contributed by atoms with Gasteiger partial charge in [-0.3, -0.25) is 14.7 Å². The van der Waals surface area contributed by atoms with E-state index in [0.717, 1.165) is 68.9 Å². The highest BCUT2D eigenvalue weighted by atomic mass is 19.4. The van der Waals surface area contributed by atoms with E-state index in [4.69, 9.17) is 4.74 Å². The molecular formula is C21H25F3N4O2. The number of hydrogen-bond acceptors (Lipinski definition) is 5. The van der Waals surface area contributed by atoms with Gasteiger partial charge in [0.15, 0.2) is 0 Å². The Bertz CT molecular complexity index is 835. The topological polar surface area (TPSA) is 57.7 Å². The number of ether oxygens (including phenoxy) is 1. The Hall–Kier alpha value is -2.81. The Balaban J connectivity index is 1.38. The smallest absolute Gasteiger partial charge is 0.433 e. The van der Waals surface area contributed by atoms with Gasteiger partial charge in [0.1, 0.15) is 11.4 Å². The quantitative estimate of drug-likeness (QED) is 0.695. The minimum absolute atomic E-state index is 0.119. The van der Waals surface area contributed by atoms with Gasteiger partial charge in [-0.15, -0.1) is 0 Å². The molecule has 3 rings (SSSR count). The van der Waals surface area contributed by atoms with Gasteiger partial charge in [0, 0.05) is 38.9 Å². The normalized spacial score (nSPS) is 15.1. The van der Waals surface area contributed by atoms with Crippen molar-refractivity contribution in [3.63, 3.8) is 0 Å². The molecule has 9 heteroatoms. The van der Waals surface area contributed by atoms with Crippen molar-refractivity contribution >= 4 is 11.6 Å². The molecule has 0 saturated carbocycles. The zero-order chi connectivity index (χ0) is 21.6. The van der Waals surface area contributed by atoms with Crippen molar-refractivity contribution in [3.8, 4) is 5.75 Å². The molecule has 6 nitrogen and oxygen atoms in total. The van der Waals surface area contributed by atoms with Gasteiger partial charge in [-0.05, 0) is 37.2 Å². The van der Waals surface area contributed by atoms with Gasteiger partial charge in [0.25, 0.3) is 5.91 Å². The molecular weight excluding hydrogens is 397 g/mol. The molecule has 1 aliphatic rings. The predicted octanol–water partition coefficient (Wildman–Crippen LogP) is 3.05. The number of nitrogens with zero attached hydrogens (tertiary/aromatic N) is 3. The van der Waals surface area contributed by atoms with E-state index < -0.39 is 17.8 Å². The van der Waals surface area contributed by atoms with Crippen LogP contribution < -0.4 is 15.0 Å². The fourth-order valence-corrected chi connectivity index (χ4v) is 3.41. The van der Waals surface area contributed by atoms with E-state index in [2.05, 4.69) is 26.2 Å². The molecule has 1 aromatic heterocycles. The SMILES string of the molecule is COc1ccccc1N1CCN(CCCNC(=O)c2ccc(C(F)(F)F)nc2)CC1. The van der Waals surface area contributed by atoms with Crippen molar-refractivity contribution < 1.29 is 22.7 Å². The van der Waals surface area contributed by atoms with E-state index in [1.54, 1.807) is 7.11 Å². The summed E-state index contributed by atoms with van der Waals surface area (Å²) in [4.78, 5) is 20.0. The molecule has 1 aliphatic heterocycles. The molecule has 1 N–H and O–H groups in total. The highest BCUT2D eigenvalue weighted by molar-refractivity contribution is 5.93. The number of para-hydroxylation sites is 2. The van der Waals surface area contributed by atoms with E-state index >= 15 is 0 Å². The lowest BCUT2D eigenvalue weighted by Crippen LogP contribution is -2.47. The lowest BCUT2D eigenvalue weighted by molar-refractivity contribution is -0.141. The number of methoxy groups -OCH3 is 1. The summed E-state index contributed by atoms with van der Waals surface area (Å²) in [5.41, 5.74) is 0.205. The van der Waals surface area contributed by atoms with Crippen molar-refractivity contribution in [1.29, 1.82) is 0 Å². The number of alkyl halides is 3. The number of aromatic nitrogens is 1. The molecule has 2 aromatic rings. The lowest BCUT2D eigenvalue weighted by Gasteiger charge is -2.36. The summed E-state index contributed by atoms with van der Waals surface area (Å²) in [7, 11) is 1.67. The third kappa shape index (κ3) is 5.63. The van der Waals surface area contributed by atoms with Crippen LogP contribution >= 0.6 is 0 Å². The van der Waals surface area contributed by atoms with E-state index in [9.17, 15) is 18.0 Å². The zero-order valence-corrected chi connectivity index (χ0v) is 16.8. The molecule has 0 bridgehead atoms. The van der Waals surface area contributed by atoms with Crippen molar-refractivity contribution in [1.82, 2.24) is 15.2 Å². The molecule has 1 aromatic carbocycles. The van der Waals surface area contributed by atoms with Crippen molar-refractivity contribution in [3.05, 3.63) is 53.9 Å². The number of carbonyl (C=O) groups is 1. The molecule has 0 unspecified atom stereocenters. The van der Waals surface area contributed by atoms with Crippen molar-refractivity contribution in [2.24, 2.45) is 0 Å². The Morgan fingerprint density at radius 1 is 1.13 bits per heavy atom. The fraction of sp³-hybridized carbons (Fsp3) is 0.429. The van der Waals surface area contributed by atoms with E-state index in [-0.39, 0.29) is 5.56 Å². The van der Waals surface area contributed by atoms with E-state index in [0.29, 0.717) is 6.54 Å². The Labute approximate surface area is 173 Å². The number of hydrogen-bond donors (Lipinski definition) is 1. The van der Waals surface area contributed by atoms with Crippen molar-refractivity contribution in [2.75, 3.05) is 51.3 Å². The first-order chi connectivity index (χ1) is 14.4. The molecule has 0 aliphatic carbocycles. The second-order valence-electron chi connectivity index (χ2n) is 7.04. The minimum Gasteiger partial charge on any atom is -0.495 e. The van der Waals surface area contributed by atoms with Crippen LogP contribution in [0.1, 0.15) is 22.5 Å². The van der Waals surface area contributed by atoms with Crippen LogP contribution in [0.15, 0.2) is 42.6 Å². The highest BCUT2D eigenvalue weighted by Gasteiger charge is 2.32. The van der Waals surface area contributed by atoms with Gasteiger partial charge in [0.05, 0.1) is 18.4 Å². The first-order valence-corrected chi connectivity index (χ1v) is 9.80. The van der Waals surface area contributed by atoms with Gasteiger partial charge in [-0.1, -0.05) is 12.1 Å². The summed E-state index contributed by atoms with van der Waals surface area (Å²) in [5.74, 6) is 0.448. The fourth-order valence-electron chi connectivity index (χ4n) is 3.41. The molecule has 0 radical (unpaired) electrons. The van der Waals surface area contributed by atoms with Gasteiger partial charge in [-0.2, -0.15) is 13.2 Å². The summed E-state index contributed by atoms with van der Waals surface area (Å²) in [6.07, 6.45) is -2.80. The Morgan fingerprint density at radius 2 is 1.87 bits per heavy atom. The van der Waals surface area contributed by atoms with Crippen LogP contribution in [0.4, 0.5) is 18.9 Å². The van der Waals surface area contributed by atoms with Gasteiger partial charge in [-0.25, -0.2) is 0 Å². The third-order valence-corrected chi connectivity index (χ3v) is 5.05. The van der Waals surface area contributed by atoms with Crippen LogP contribution in [0.25, 0.3) is 0 Å². The maximum absolute atomic E-state index is 12.5. The number of anilines is 1. The van der Waals surface area contributed by atoms with Crippen LogP contribution in [-0.4, -0.2) is 62.2 Å². The highest BCUT2D eigenvalue weighted by Crippen LogP contribution is 2.28. The molecule has 2 heterocycles. The summed E-state index contributed by atoms with van der Waals surface area (Å²) in [6, 6.07) is 9.92. The minimum atomic E-state index is -4.51. The van der Waals surface area contributed by atoms with E-state index in [1.807, 2.05) is 18.2 Å². The number of amides is 1. The monoisotopic (exact) mass is 422 g/mol. The number of rotatable bonds is 7. The summed E-state index contributed by atoms with van der Waals surface area (Å²) in [6.45, 7) is 4.90. The number of halogens is 3. The number of piperazine rings is 1. The van der Waals surface area contributed by atoms with Crippen LogP contribution in [0.2, 0.25) is 0 Å². The Kier molecular flexibility index (Phi) is 7.15. The summed E-state index contributed by atoms with van der Waals surface area (Å²) in [5, 5.41) is 2.73. The maximum atomic E-state index is 12.5. The van der Waals surface area contributed by atoms with Crippen LogP contribution in [-0.2, 0) is 6.18 Å². The first-order valence-electron chi connectivity index (χ1n) is 9.80. The average molecular weight is 422 g/mol. The van der Waals surface area contributed by atoms with Gasteiger partial charge < -0.3 is 15.0 Å². The van der Waals surface area contributed by atoms with Crippen molar-refractivity contribution in [2.45, 2.75) is 12.6 Å². The first kappa shape index (κ1) is 21.9. The number of carbonyl (C=O) groups excluding carboxylic acids is 1. The maximum Gasteiger partial charge on any atom is 0.433 e. The second-order valence-corrected chi connectivity index (χ2v) is 7.04. The second kappa shape index (κ2) is 9.80. The standard InChI is InChI=1S/C21H25F3N4O2/c1-30-18-6-3-2-5-17(18)28-13-11-27(12-14-28)10-4-9-25-20(29)16-7-8-19(26-15-16)21(22,23)24/h2-3,5-8,15H,4,9-14H2,1H3,(H,25,29). The molecule has 1 fully saturated rings. The van der Waals surface area contributed by atoms with Gasteiger partial charge >= 0.3 is 6.18 Å². The predicted molar refractivity (Wildman–Crippen MR) is 108 cm³/mol. The average Bonchev–Trinajstić information content (AvgIpc) is 2.76. The van der Waals surface area contributed by atoms with E-state index in [1.165, 1.54) is 0 Å². The molecule has 1 saturated heterocycles. The van der Waals surface area contributed by atoms with Crippen LogP contribution in [0, 0.1) is 0 Å². The number of benzene rings is 1. The molecule has 0 atom stereocenters. The van der Waals surface area contributed by atoms with Crippen LogP contribution in [0.3, 0.4) is 0 Å². The molecule has 162 valence electrons. The molecule has 0 spiro atoms. The Morgan fingerprint density at radius 3 is 2.50 bits per heavy atom.